The van der Waals surface area contributed by atoms with Crippen LogP contribution in [0, 0.1) is 0 Å². The maximum absolute atomic E-state index is 11.6. The number of hydrogen-bond acceptors (Lipinski definition) is 3. The number of aromatic amines is 1. The highest BCUT2D eigenvalue weighted by atomic mass is 16.1. The van der Waals surface area contributed by atoms with Gasteiger partial charge in [0.25, 0.3) is 5.56 Å². The third kappa shape index (κ3) is 1.95. The Morgan fingerprint density at radius 1 is 1.43 bits per heavy atom. The van der Waals surface area contributed by atoms with E-state index in [1.54, 1.807) is 0 Å². The van der Waals surface area contributed by atoms with Crippen molar-refractivity contribution >= 4 is 5.82 Å². The van der Waals surface area contributed by atoms with Crippen LogP contribution in [0.15, 0.2) is 4.79 Å². The van der Waals surface area contributed by atoms with Crippen molar-refractivity contribution in [2.24, 2.45) is 0 Å². The molecule has 0 unspecified atom stereocenters. The van der Waals surface area contributed by atoms with Gasteiger partial charge in [0, 0.05) is 5.41 Å². The molecule has 14 heavy (non-hydrogen) atoms. The van der Waals surface area contributed by atoms with Gasteiger partial charge in [-0.1, -0.05) is 27.7 Å². The SMILES string of the molecule is CCc1c(N)nc(C(C)(C)C)[nH]c1=O. The Kier molecular flexibility index (Phi) is 2.64. The smallest absolute Gasteiger partial charge is 0.256 e. The van der Waals surface area contributed by atoms with E-state index in [0.717, 1.165) is 0 Å². The molecule has 0 spiro atoms. The minimum atomic E-state index is -0.181. The highest BCUT2D eigenvalue weighted by molar-refractivity contribution is 5.38. The first-order valence-corrected chi connectivity index (χ1v) is 4.75. The number of rotatable bonds is 1. The Hall–Kier alpha value is -1.32. The van der Waals surface area contributed by atoms with Crippen LogP contribution in [0.2, 0.25) is 0 Å². The summed E-state index contributed by atoms with van der Waals surface area (Å²) >= 11 is 0. The lowest BCUT2D eigenvalue weighted by atomic mass is 9.95. The fourth-order valence-electron chi connectivity index (χ4n) is 1.21. The summed E-state index contributed by atoms with van der Waals surface area (Å²) in [6.07, 6.45) is 0.610. The van der Waals surface area contributed by atoms with Crippen molar-refractivity contribution in [3.8, 4) is 0 Å². The Morgan fingerprint density at radius 3 is 2.36 bits per heavy atom. The number of H-pyrrole nitrogens is 1. The molecule has 1 rings (SSSR count). The minimum Gasteiger partial charge on any atom is -0.383 e. The van der Waals surface area contributed by atoms with Gasteiger partial charge < -0.3 is 10.7 Å². The molecule has 0 saturated carbocycles. The minimum absolute atomic E-state index is 0.120. The molecule has 78 valence electrons. The maximum Gasteiger partial charge on any atom is 0.256 e. The molecule has 0 aliphatic carbocycles. The van der Waals surface area contributed by atoms with Crippen LogP contribution >= 0.6 is 0 Å². The molecule has 0 bridgehead atoms. The maximum atomic E-state index is 11.6. The highest BCUT2D eigenvalue weighted by Crippen LogP contribution is 2.18. The first kappa shape index (κ1) is 10.8. The van der Waals surface area contributed by atoms with Crippen molar-refractivity contribution in [1.82, 2.24) is 9.97 Å². The fraction of sp³-hybridized carbons (Fsp3) is 0.600. The number of nitrogen functional groups attached to an aromatic ring is 1. The van der Waals surface area contributed by atoms with Crippen LogP contribution in [-0.2, 0) is 11.8 Å². The Balaban J connectivity index is 3.36. The van der Waals surface area contributed by atoms with Crippen LogP contribution in [0.1, 0.15) is 39.1 Å². The van der Waals surface area contributed by atoms with Crippen molar-refractivity contribution in [3.63, 3.8) is 0 Å². The van der Waals surface area contributed by atoms with Crippen LogP contribution in [0.5, 0.6) is 0 Å². The van der Waals surface area contributed by atoms with Crippen LogP contribution in [0.25, 0.3) is 0 Å². The molecule has 0 aliphatic heterocycles. The summed E-state index contributed by atoms with van der Waals surface area (Å²) in [5.41, 5.74) is 5.96. The quantitative estimate of drug-likeness (QED) is 0.707. The molecule has 0 amide bonds. The van der Waals surface area contributed by atoms with E-state index in [-0.39, 0.29) is 11.0 Å². The fourth-order valence-corrected chi connectivity index (χ4v) is 1.21. The predicted molar refractivity (Wildman–Crippen MR) is 57.3 cm³/mol. The third-order valence-corrected chi connectivity index (χ3v) is 2.11. The summed E-state index contributed by atoms with van der Waals surface area (Å²) < 4.78 is 0. The molecule has 1 heterocycles. The molecule has 4 nitrogen and oxygen atoms in total. The van der Waals surface area contributed by atoms with E-state index in [9.17, 15) is 4.79 Å². The Labute approximate surface area is 83.6 Å². The zero-order valence-electron chi connectivity index (χ0n) is 9.14. The number of anilines is 1. The molecule has 0 saturated heterocycles. The van der Waals surface area contributed by atoms with Crippen LogP contribution in [0.3, 0.4) is 0 Å². The molecule has 0 aromatic carbocycles. The monoisotopic (exact) mass is 195 g/mol. The molecular formula is C10H17N3O. The average Bonchev–Trinajstić information content (AvgIpc) is 2.01. The topological polar surface area (TPSA) is 71.8 Å². The first-order chi connectivity index (χ1) is 6.36. The second-order valence-corrected chi connectivity index (χ2v) is 4.38. The van der Waals surface area contributed by atoms with E-state index in [0.29, 0.717) is 23.6 Å². The van der Waals surface area contributed by atoms with E-state index in [1.807, 2.05) is 27.7 Å². The molecule has 0 fully saturated rings. The molecule has 0 radical (unpaired) electrons. The molecule has 1 aromatic rings. The zero-order chi connectivity index (χ0) is 10.9. The number of nitrogens with one attached hydrogen (secondary N) is 1. The number of nitrogens with two attached hydrogens (primary N) is 1. The standard InChI is InChI=1S/C10H17N3O/c1-5-6-7(11)12-9(10(2,3)4)13-8(6)14/h5H2,1-4H3,(H3,11,12,13,14). The van der Waals surface area contributed by atoms with E-state index in [4.69, 9.17) is 5.73 Å². The van der Waals surface area contributed by atoms with Gasteiger partial charge in [0.05, 0.1) is 5.56 Å². The van der Waals surface area contributed by atoms with Crippen molar-refractivity contribution in [3.05, 3.63) is 21.7 Å². The molecule has 3 N–H and O–H groups in total. The predicted octanol–water partition coefficient (Wildman–Crippen LogP) is 1.21. The van der Waals surface area contributed by atoms with Gasteiger partial charge in [0.2, 0.25) is 0 Å². The molecule has 1 aromatic heterocycles. The van der Waals surface area contributed by atoms with Crippen LogP contribution in [-0.4, -0.2) is 9.97 Å². The van der Waals surface area contributed by atoms with Crippen molar-refractivity contribution in [1.29, 1.82) is 0 Å². The zero-order valence-corrected chi connectivity index (χ0v) is 9.14. The van der Waals surface area contributed by atoms with Gasteiger partial charge in [-0.2, -0.15) is 0 Å². The molecule has 4 heteroatoms. The summed E-state index contributed by atoms with van der Waals surface area (Å²) in [4.78, 5) is 18.5. The lowest BCUT2D eigenvalue weighted by molar-refractivity contribution is 0.542. The second kappa shape index (κ2) is 3.44. The molecular weight excluding hydrogens is 178 g/mol. The van der Waals surface area contributed by atoms with Gasteiger partial charge >= 0.3 is 0 Å². The average molecular weight is 195 g/mol. The van der Waals surface area contributed by atoms with Gasteiger partial charge in [-0.25, -0.2) is 4.98 Å². The Morgan fingerprint density at radius 2 is 2.00 bits per heavy atom. The third-order valence-electron chi connectivity index (χ3n) is 2.11. The van der Waals surface area contributed by atoms with Gasteiger partial charge in [-0.3, -0.25) is 4.79 Å². The van der Waals surface area contributed by atoms with Crippen LogP contribution in [0.4, 0.5) is 5.82 Å². The van der Waals surface area contributed by atoms with Crippen LogP contribution < -0.4 is 11.3 Å². The summed E-state index contributed by atoms with van der Waals surface area (Å²) in [6.45, 7) is 7.84. The van der Waals surface area contributed by atoms with Crippen molar-refractivity contribution in [2.75, 3.05) is 5.73 Å². The highest BCUT2D eigenvalue weighted by Gasteiger charge is 2.18. The largest absolute Gasteiger partial charge is 0.383 e. The van der Waals surface area contributed by atoms with Gasteiger partial charge in [-0.15, -0.1) is 0 Å². The summed E-state index contributed by atoms with van der Waals surface area (Å²) in [7, 11) is 0. The molecule has 0 aliphatic rings. The van der Waals surface area contributed by atoms with E-state index in [2.05, 4.69) is 9.97 Å². The lowest BCUT2D eigenvalue weighted by Crippen LogP contribution is -2.25. The van der Waals surface area contributed by atoms with Gasteiger partial charge in [-0.05, 0) is 6.42 Å². The van der Waals surface area contributed by atoms with E-state index < -0.39 is 0 Å². The van der Waals surface area contributed by atoms with Gasteiger partial charge in [0.15, 0.2) is 0 Å². The first-order valence-electron chi connectivity index (χ1n) is 4.75. The number of hydrogen-bond donors (Lipinski definition) is 2. The summed E-state index contributed by atoms with van der Waals surface area (Å²) in [6, 6.07) is 0. The van der Waals surface area contributed by atoms with E-state index >= 15 is 0 Å². The normalized spacial score (nSPS) is 11.7. The van der Waals surface area contributed by atoms with Gasteiger partial charge in [0.1, 0.15) is 11.6 Å². The second-order valence-electron chi connectivity index (χ2n) is 4.38. The van der Waals surface area contributed by atoms with Crippen molar-refractivity contribution in [2.45, 2.75) is 39.5 Å². The van der Waals surface area contributed by atoms with E-state index in [1.165, 1.54) is 0 Å². The number of aromatic nitrogens is 2. The molecule has 0 atom stereocenters. The lowest BCUT2D eigenvalue weighted by Gasteiger charge is -2.17. The Bertz CT molecular complexity index is 387. The number of nitrogens with zero attached hydrogens (tertiary/aromatic N) is 1. The summed E-state index contributed by atoms with van der Waals surface area (Å²) in [5.74, 6) is 0.985. The van der Waals surface area contributed by atoms with Crippen molar-refractivity contribution < 1.29 is 0 Å². The summed E-state index contributed by atoms with van der Waals surface area (Å²) in [5, 5.41) is 0.